The van der Waals surface area contributed by atoms with Gasteiger partial charge in [0.1, 0.15) is 0 Å². The van der Waals surface area contributed by atoms with Gasteiger partial charge in [0.05, 0.1) is 0 Å². The maximum absolute atomic E-state index is 9.85. The summed E-state index contributed by atoms with van der Waals surface area (Å²) in [5.74, 6) is 0. The van der Waals surface area contributed by atoms with Crippen LogP contribution in [-0.4, -0.2) is 10.6 Å². The molecule has 2 nitrogen and oxygen atoms in total. The van der Waals surface area contributed by atoms with Gasteiger partial charge in [0.2, 0.25) is 0 Å². The third-order valence-electron chi connectivity index (χ3n) is 0.442. The molecule has 0 saturated carbocycles. The molecule has 0 saturated heterocycles. The zero-order valence-electron chi connectivity index (χ0n) is 4.23. The van der Waals surface area contributed by atoms with Gasteiger partial charge in [-0.3, -0.25) is 0 Å². The third kappa shape index (κ3) is 6.58. The number of hydrogen-bond acceptors (Lipinski definition) is 1. The van der Waals surface area contributed by atoms with Crippen LogP contribution in [0.3, 0.4) is 0 Å². The predicted molar refractivity (Wildman–Crippen MR) is 25.0 cm³/mol. The Hall–Kier alpha value is 0.579. The minimum absolute atomic E-state index is 0. The van der Waals surface area contributed by atoms with E-state index in [1.807, 2.05) is 0 Å². The standard InChI is InChI=1S/C3H7O2P.Fe/c1-3(2)6(4)5;/h3H,1-2H3;/p+1. The molecule has 0 bridgehead atoms. The first-order chi connectivity index (χ1) is 2.64. The van der Waals surface area contributed by atoms with Gasteiger partial charge in [0.15, 0.2) is 5.66 Å². The van der Waals surface area contributed by atoms with Crippen LogP contribution in [0.2, 0.25) is 0 Å². The van der Waals surface area contributed by atoms with Gasteiger partial charge in [-0.15, -0.1) is 0 Å². The molecule has 0 rings (SSSR count). The second-order valence-electron chi connectivity index (χ2n) is 1.40. The van der Waals surface area contributed by atoms with Crippen molar-refractivity contribution >= 4 is 8.03 Å². The van der Waals surface area contributed by atoms with E-state index in [1.54, 1.807) is 13.8 Å². The Morgan fingerprint density at radius 2 is 1.71 bits per heavy atom. The molecule has 0 aliphatic carbocycles. The van der Waals surface area contributed by atoms with Crippen LogP contribution in [0.15, 0.2) is 0 Å². The summed E-state index contributed by atoms with van der Waals surface area (Å²) in [6.45, 7) is 3.41. The first-order valence-electron chi connectivity index (χ1n) is 1.80. The second-order valence-corrected chi connectivity index (χ2v) is 3.03. The Bertz CT molecular complexity index is 64.0. The van der Waals surface area contributed by atoms with Crippen molar-refractivity contribution in [2.24, 2.45) is 0 Å². The maximum atomic E-state index is 9.85. The van der Waals surface area contributed by atoms with E-state index in [9.17, 15) is 4.57 Å². The van der Waals surface area contributed by atoms with Crippen molar-refractivity contribution in [3.63, 3.8) is 0 Å². The summed E-state index contributed by atoms with van der Waals surface area (Å²) in [6.07, 6.45) is 0. The molecule has 44 valence electrons. The molecule has 0 heterocycles. The van der Waals surface area contributed by atoms with Crippen LogP contribution < -0.4 is 0 Å². The molecule has 0 radical (unpaired) electrons. The van der Waals surface area contributed by atoms with Crippen LogP contribution in [0.4, 0.5) is 0 Å². The average molecular weight is 163 g/mol. The third-order valence-corrected chi connectivity index (χ3v) is 1.33. The molecule has 1 N–H and O–H groups in total. The van der Waals surface area contributed by atoms with E-state index >= 15 is 0 Å². The van der Waals surface area contributed by atoms with Crippen molar-refractivity contribution in [3.8, 4) is 0 Å². The summed E-state index contributed by atoms with van der Waals surface area (Å²) >= 11 is 0. The van der Waals surface area contributed by atoms with Gasteiger partial charge in [-0.05, 0) is 18.4 Å². The molecule has 0 aromatic carbocycles. The minimum Gasteiger partial charge on any atom is -0.161 e. The molecule has 0 spiro atoms. The van der Waals surface area contributed by atoms with Crippen LogP contribution in [-0.2, 0) is 21.6 Å². The van der Waals surface area contributed by atoms with E-state index in [-0.39, 0.29) is 22.7 Å². The Labute approximate surface area is 54.7 Å². The van der Waals surface area contributed by atoms with Crippen LogP contribution in [0.25, 0.3) is 0 Å². The minimum atomic E-state index is -1.91. The molecule has 4 heteroatoms. The maximum Gasteiger partial charge on any atom is 0.508 e. The first kappa shape index (κ1) is 10.5. The van der Waals surface area contributed by atoms with E-state index in [2.05, 4.69) is 0 Å². The van der Waals surface area contributed by atoms with E-state index < -0.39 is 8.03 Å². The van der Waals surface area contributed by atoms with Crippen LogP contribution >= 0.6 is 8.03 Å². The first-order valence-corrected chi connectivity index (χ1v) is 3.08. The van der Waals surface area contributed by atoms with Gasteiger partial charge >= 0.3 is 8.03 Å². The molecule has 7 heavy (non-hydrogen) atoms. The monoisotopic (exact) mass is 163 g/mol. The van der Waals surface area contributed by atoms with Gasteiger partial charge in [-0.25, -0.2) is 0 Å². The molecule has 0 aromatic rings. The molecule has 0 aliphatic heterocycles. The van der Waals surface area contributed by atoms with Gasteiger partial charge in [-0.1, -0.05) is 0 Å². The van der Waals surface area contributed by atoms with Crippen molar-refractivity contribution < 1.29 is 26.5 Å². The quantitative estimate of drug-likeness (QED) is 0.464. The van der Waals surface area contributed by atoms with Crippen LogP contribution in [0, 0.1) is 0 Å². The van der Waals surface area contributed by atoms with Crippen molar-refractivity contribution in [1.82, 2.24) is 0 Å². The van der Waals surface area contributed by atoms with Crippen LogP contribution in [0.5, 0.6) is 0 Å². The topological polar surface area (TPSA) is 37.3 Å². The largest absolute Gasteiger partial charge is 0.508 e. The molecule has 1 atom stereocenters. The van der Waals surface area contributed by atoms with Crippen LogP contribution in [0.1, 0.15) is 13.8 Å². The van der Waals surface area contributed by atoms with Crippen molar-refractivity contribution in [3.05, 3.63) is 0 Å². The summed E-state index contributed by atoms with van der Waals surface area (Å²) in [7, 11) is -1.91. The fourth-order valence-corrected chi connectivity index (χ4v) is 0. The average Bonchev–Trinajstić information content (AvgIpc) is 1.36. The summed E-state index contributed by atoms with van der Waals surface area (Å²) < 4.78 is 9.85. The van der Waals surface area contributed by atoms with Gasteiger partial charge in [0.25, 0.3) is 0 Å². The Balaban J connectivity index is 0. The summed E-state index contributed by atoms with van der Waals surface area (Å²) in [4.78, 5) is 8.14. The Kier molecular flexibility index (Phi) is 7.12. The normalized spacial score (nSPS) is 10.6. The number of rotatable bonds is 1. The Morgan fingerprint density at radius 1 is 1.57 bits per heavy atom. The molecule has 0 fully saturated rings. The van der Waals surface area contributed by atoms with Crippen molar-refractivity contribution in [2.75, 3.05) is 0 Å². The molecule has 1 unspecified atom stereocenters. The van der Waals surface area contributed by atoms with Gasteiger partial charge in [0, 0.05) is 17.1 Å². The van der Waals surface area contributed by atoms with Gasteiger partial charge < -0.3 is 0 Å². The molecule has 0 aromatic heterocycles. The van der Waals surface area contributed by atoms with Crippen molar-refractivity contribution in [2.45, 2.75) is 19.5 Å². The Morgan fingerprint density at radius 3 is 1.71 bits per heavy atom. The number of hydrogen-bond donors (Lipinski definition) is 1. The zero-order valence-corrected chi connectivity index (χ0v) is 6.23. The summed E-state index contributed by atoms with van der Waals surface area (Å²) in [6, 6.07) is 0. The SMILES string of the molecule is CC(C)[P+](=O)O.[Fe]. The van der Waals surface area contributed by atoms with E-state index in [0.717, 1.165) is 0 Å². The zero-order chi connectivity index (χ0) is 5.15. The molecule has 0 aliphatic rings. The van der Waals surface area contributed by atoms with E-state index in [0.29, 0.717) is 0 Å². The molecular weight excluding hydrogens is 155 g/mol. The van der Waals surface area contributed by atoms with Crippen molar-refractivity contribution in [1.29, 1.82) is 0 Å². The summed E-state index contributed by atoms with van der Waals surface area (Å²) in [5.41, 5.74) is -0.0833. The molecular formula is C3H8FeO2P+. The fraction of sp³-hybridized carbons (Fsp3) is 1.00. The van der Waals surface area contributed by atoms with Gasteiger partial charge in [-0.2, -0.15) is 4.89 Å². The van der Waals surface area contributed by atoms with E-state index in [1.165, 1.54) is 0 Å². The smallest absolute Gasteiger partial charge is 0.161 e. The predicted octanol–water partition coefficient (Wildman–Crippen LogP) is 1.13. The summed E-state index contributed by atoms with van der Waals surface area (Å²) in [5, 5.41) is 0. The molecule has 0 amide bonds. The second kappa shape index (κ2) is 4.73. The fourth-order valence-electron chi connectivity index (χ4n) is 0. The van der Waals surface area contributed by atoms with E-state index in [4.69, 9.17) is 4.89 Å².